The van der Waals surface area contributed by atoms with Crippen LogP contribution in [0.1, 0.15) is 26.2 Å². The number of amides is 1. The van der Waals surface area contributed by atoms with Crippen molar-refractivity contribution in [3.63, 3.8) is 0 Å². The standard InChI is InChI=1S/C6H12FNO/c1-2-3-4-6(7)8-5-9/h5-6H,2-4H2,1H3,(H,8,9). The van der Waals surface area contributed by atoms with Gasteiger partial charge in [-0.3, -0.25) is 4.79 Å². The van der Waals surface area contributed by atoms with E-state index in [0.29, 0.717) is 12.8 Å². The molecule has 0 aliphatic rings. The molecule has 1 amide bonds. The minimum Gasteiger partial charge on any atom is -0.329 e. The number of unbranched alkanes of at least 4 members (excludes halogenated alkanes) is 1. The maximum Gasteiger partial charge on any atom is 0.209 e. The van der Waals surface area contributed by atoms with E-state index in [0.717, 1.165) is 12.8 Å². The lowest BCUT2D eigenvalue weighted by atomic mass is 10.2. The van der Waals surface area contributed by atoms with Gasteiger partial charge in [-0.1, -0.05) is 13.3 Å². The molecule has 0 aliphatic heterocycles. The van der Waals surface area contributed by atoms with Crippen LogP contribution in [-0.4, -0.2) is 12.7 Å². The Labute approximate surface area is 54.4 Å². The Balaban J connectivity index is 3.04. The van der Waals surface area contributed by atoms with E-state index in [9.17, 15) is 9.18 Å². The van der Waals surface area contributed by atoms with E-state index in [1.54, 1.807) is 0 Å². The van der Waals surface area contributed by atoms with Gasteiger partial charge in [0.25, 0.3) is 0 Å². The van der Waals surface area contributed by atoms with Gasteiger partial charge in [-0.15, -0.1) is 0 Å². The zero-order valence-electron chi connectivity index (χ0n) is 5.56. The largest absolute Gasteiger partial charge is 0.329 e. The average molecular weight is 133 g/mol. The number of halogens is 1. The smallest absolute Gasteiger partial charge is 0.209 e. The molecular formula is C6H12FNO. The van der Waals surface area contributed by atoms with Crippen LogP contribution in [0.5, 0.6) is 0 Å². The lowest BCUT2D eigenvalue weighted by Crippen LogP contribution is -2.22. The molecule has 1 N–H and O–H groups in total. The van der Waals surface area contributed by atoms with Gasteiger partial charge in [0.2, 0.25) is 6.41 Å². The number of nitrogens with one attached hydrogen (secondary N) is 1. The fourth-order valence-electron chi connectivity index (χ4n) is 0.541. The van der Waals surface area contributed by atoms with E-state index < -0.39 is 6.30 Å². The monoisotopic (exact) mass is 133 g/mol. The molecule has 54 valence electrons. The Morgan fingerprint density at radius 2 is 2.44 bits per heavy atom. The first-order valence-corrected chi connectivity index (χ1v) is 3.15. The molecule has 0 aromatic rings. The molecule has 0 bridgehead atoms. The third-order valence-corrected chi connectivity index (χ3v) is 1.06. The van der Waals surface area contributed by atoms with Crippen LogP contribution in [0.15, 0.2) is 0 Å². The van der Waals surface area contributed by atoms with Crippen LogP contribution in [0.3, 0.4) is 0 Å². The van der Waals surface area contributed by atoms with Crippen LogP contribution in [0.4, 0.5) is 4.39 Å². The van der Waals surface area contributed by atoms with Crippen molar-refractivity contribution in [2.75, 3.05) is 0 Å². The maximum atomic E-state index is 12.2. The van der Waals surface area contributed by atoms with Crippen LogP contribution in [0, 0.1) is 0 Å². The second kappa shape index (κ2) is 5.54. The molecule has 3 heteroatoms. The van der Waals surface area contributed by atoms with Crippen LogP contribution in [0.25, 0.3) is 0 Å². The quantitative estimate of drug-likeness (QED) is 0.443. The first-order chi connectivity index (χ1) is 4.31. The molecule has 0 heterocycles. The molecule has 0 aromatic carbocycles. The van der Waals surface area contributed by atoms with Crippen molar-refractivity contribution in [3.8, 4) is 0 Å². The Hall–Kier alpha value is -0.600. The third kappa shape index (κ3) is 5.27. The Morgan fingerprint density at radius 1 is 1.78 bits per heavy atom. The van der Waals surface area contributed by atoms with Gasteiger partial charge in [-0.25, -0.2) is 4.39 Å². The lowest BCUT2D eigenvalue weighted by Gasteiger charge is -2.03. The summed E-state index contributed by atoms with van der Waals surface area (Å²) in [6.07, 6.45) is 1.45. The summed E-state index contributed by atoms with van der Waals surface area (Å²) in [6, 6.07) is 0. The molecule has 0 saturated heterocycles. The fraction of sp³-hybridized carbons (Fsp3) is 0.833. The predicted octanol–water partition coefficient (Wildman–Crippen LogP) is 1.22. The summed E-state index contributed by atoms with van der Waals surface area (Å²) in [4.78, 5) is 9.63. The number of alkyl halides is 1. The molecule has 0 aromatic heterocycles. The Kier molecular flexibility index (Phi) is 5.17. The zero-order valence-corrected chi connectivity index (χ0v) is 5.56. The molecule has 1 atom stereocenters. The van der Waals surface area contributed by atoms with Gasteiger partial charge in [0.1, 0.15) is 0 Å². The molecule has 0 radical (unpaired) electrons. The van der Waals surface area contributed by atoms with Crippen LogP contribution >= 0.6 is 0 Å². The summed E-state index contributed by atoms with van der Waals surface area (Å²) >= 11 is 0. The van der Waals surface area contributed by atoms with E-state index in [1.807, 2.05) is 12.2 Å². The van der Waals surface area contributed by atoms with E-state index in [4.69, 9.17) is 0 Å². The molecule has 0 spiro atoms. The highest BCUT2D eigenvalue weighted by Gasteiger charge is 2.00. The van der Waals surface area contributed by atoms with Crippen molar-refractivity contribution in [1.29, 1.82) is 0 Å². The summed E-state index contributed by atoms with van der Waals surface area (Å²) in [5, 5.41) is 2.03. The highest BCUT2D eigenvalue weighted by molar-refractivity contribution is 5.46. The maximum absolute atomic E-state index is 12.2. The van der Waals surface area contributed by atoms with E-state index in [-0.39, 0.29) is 0 Å². The van der Waals surface area contributed by atoms with Crippen molar-refractivity contribution >= 4 is 6.41 Å². The number of carbonyl (C=O) groups excluding carboxylic acids is 1. The van der Waals surface area contributed by atoms with Crippen molar-refractivity contribution in [2.45, 2.75) is 32.5 Å². The van der Waals surface area contributed by atoms with Crippen molar-refractivity contribution in [2.24, 2.45) is 0 Å². The molecule has 2 nitrogen and oxygen atoms in total. The normalized spacial score (nSPS) is 12.7. The van der Waals surface area contributed by atoms with E-state index in [2.05, 4.69) is 0 Å². The molecular weight excluding hydrogens is 121 g/mol. The average Bonchev–Trinajstić information content (AvgIpc) is 1.85. The van der Waals surface area contributed by atoms with Crippen LogP contribution < -0.4 is 5.32 Å². The summed E-state index contributed by atoms with van der Waals surface area (Å²) in [5.41, 5.74) is 0. The second-order valence-electron chi connectivity index (χ2n) is 1.89. The molecule has 0 fully saturated rings. The minimum absolute atomic E-state index is 0.389. The SMILES string of the molecule is CCCCC(F)NC=O. The molecule has 0 aliphatic carbocycles. The number of rotatable bonds is 5. The Bertz CT molecular complexity index is 77.5. The highest BCUT2D eigenvalue weighted by Crippen LogP contribution is 1.99. The van der Waals surface area contributed by atoms with Gasteiger partial charge >= 0.3 is 0 Å². The van der Waals surface area contributed by atoms with Crippen molar-refractivity contribution < 1.29 is 9.18 Å². The summed E-state index contributed by atoms with van der Waals surface area (Å²) in [6.45, 7) is 1.98. The number of carbonyl (C=O) groups is 1. The first-order valence-electron chi connectivity index (χ1n) is 3.15. The summed E-state index contributed by atoms with van der Waals surface area (Å²) in [5.74, 6) is 0. The van der Waals surface area contributed by atoms with Crippen molar-refractivity contribution in [3.05, 3.63) is 0 Å². The van der Waals surface area contributed by atoms with Gasteiger partial charge in [0.05, 0.1) is 0 Å². The number of hydrogen-bond donors (Lipinski definition) is 1. The fourth-order valence-corrected chi connectivity index (χ4v) is 0.541. The van der Waals surface area contributed by atoms with Gasteiger partial charge < -0.3 is 5.32 Å². The summed E-state index contributed by atoms with van der Waals surface area (Å²) < 4.78 is 12.2. The molecule has 0 rings (SSSR count). The van der Waals surface area contributed by atoms with Gasteiger partial charge in [0.15, 0.2) is 6.30 Å². The van der Waals surface area contributed by atoms with Crippen molar-refractivity contribution in [1.82, 2.24) is 5.32 Å². The van der Waals surface area contributed by atoms with Gasteiger partial charge in [-0.05, 0) is 12.8 Å². The lowest BCUT2D eigenvalue weighted by molar-refractivity contribution is -0.111. The van der Waals surface area contributed by atoms with Gasteiger partial charge in [0, 0.05) is 0 Å². The zero-order chi connectivity index (χ0) is 7.11. The topological polar surface area (TPSA) is 29.1 Å². The third-order valence-electron chi connectivity index (χ3n) is 1.06. The molecule has 1 unspecified atom stereocenters. The highest BCUT2D eigenvalue weighted by atomic mass is 19.1. The Morgan fingerprint density at radius 3 is 2.89 bits per heavy atom. The van der Waals surface area contributed by atoms with Crippen LogP contribution in [0.2, 0.25) is 0 Å². The van der Waals surface area contributed by atoms with Crippen LogP contribution in [-0.2, 0) is 4.79 Å². The molecule has 9 heavy (non-hydrogen) atoms. The van der Waals surface area contributed by atoms with Gasteiger partial charge in [-0.2, -0.15) is 0 Å². The van der Waals surface area contributed by atoms with E-state index >= 15 is 0 Å². The van der Waals surface area contributed by atoms with E-state index in [1.165, 1.54) is 0 Å². The minimum atomic E-state index is -1.15. The summed E-state index contributed by atoms with van der Waals surface area (Å²) in [7, 11) is 0. The second-order valence-corrected chi connectivity index (χ2v) is 1.89. The number of hydrogen-bond acceptors (Lipinski definition) is 1. The first kappa shape index (κ1) is 8.40. The predicted molar refractivity (Wildman–Crippen MR) is 33.6 cm³/mol. The molecule has 0 saturated carbocycles.